The first kappa shape index (κ1) is 21.7. The van der Waals surface area contributed by atoms with Crippen molar-refractivity contribution in [2.24, 2.45) is 5.92 Å². The van der Waals surface area contributed by atoms with Gasteiger partial charge in [0, 0.05) is 32.7 Å². The molecular formula is C21H30N2O5. The number of amides is 2. The molecule has 1 heterocycles. The minimum atomic E-state index is -0.965. The standard InChI is InChI=1S/C21H30N2O5/c1-21(2,3)28-20(26)23-13-11-16(12-14-23)19(25)27-17(18(24)22(4)5)15-9-7-6-8-10-15/h6-10,16-17H,11-14H2,1-5H3. The number of piperidine rings is 1. The molecule has 2 rings (SSSR count). The van der Waals surface area contributed by atoms with Gasteiger partial charge in [-0.25, -0.2) is 4.79 Å². The Kier molecular flexibility index (Phi) is 7.05. The van der Waals surface area contributed by atoms with Crippen molar-refractivity contribution in [1.29, 1.82) is 0 Å². The van der Waals surface area contributed by atoms with Crippen LogP contribution in [0.1, 0.15) is 45.3 Å². The Balaban J connectivity index is 1.98. The van der Waals surface area contributed by atoms with E-state index in [-0.39, 0.29) is 17.9 Å². The summed E-state index contributed by atoms with van der Waals surface area (Å²) in [4.78, 5) is 40.4. The summed E-state index contributed by atoms with van der Waals surface area (Å²) in [7, 11) is 3.26. The molecule has 0 saturated carbocycles. The van der Waals surface area contributed by atoms with Gasteiger partial charge in [-0.2, -0.15) is 0 Å². The number of likely N-dealkylation sites (tertiary alicyclic amines) is 1. The van der Waals surface area contributed by atoms with E-state index in [0.717, 1.165) is 0 Å². The number of rotatable bonds is 4. The summed E-state index contributed by atoms with van der Waals surface area (Å²) >= 11 is 0. The molecule has 1 aliphatic heterocycles. The Labute approximate surface area is 166 Å². The molecule has 0 spiro atoms. The smallest absolute Gasteiger partial charge is 0.410 e. The van der Waals surface area contributed by atoms with Crippen LogP contribution in [-0.4, -0.2) is 60.6 Å². The second kappa shape index (κ2) is 9.08. The van der Waals surface area contributed by atoms with Gasteiger partial charge in [-0.15, -0.1) is 0 Å². The van der Waals surface area contributed by atoms with Crippen molar-refractivity contribution in [3.8, 4) is 0 Å². The largest absolute Gasteiger partial charge is 0.447 e. The van der Waals surface area contributed by atoms with Crippen LogP contribution < -0.4 is 0 Å². The van der Waals surface area contributed by atoms with Crippen LogP contribution in [0, 0.1) is 5.92 Å². The lowest BCUT2D eigenvalue weighted by Gasteiger charge is -2.33. The van der Waals surface area contributed by atoms with Gasteiger partial charge in [-0.1, -0.05) is 30.3 Å². The number of likely N-dealkylation sites (N-methyl/N-ethyl adjacent to an activating group) is 1. The summed E-state index contributed by atoms with van der Waals surface area (Å²) in [5, 5.41) is 0. The van der Waals surface area contributed by atoms with Gasteiger partial charge >= 0.3 is 12.1 Å². The number of benzene rings is 1. The number of hydrogen-bond acceptors (Lipinski definition) is 5. The van der Waals surface area contributed by atoms with E-state index in [4.69, 9.17) is 9.47 Å². The Hall–Kier alpha value is -2.57. The SMILES string of the molecule is CN(C)C(=O)C(OC(=O)C1CCN(C(=O)OC(C)(C)C)CC1)c1ccccc1. The van der Waals surface area contributed by atoms with Crippen molar-refractivity contribution in [2.45, 2.75) is 45.3 Å². The van der Waals surface area contributed by atoms with Crippen LogP contribution in [0.25, 0.3) is 0 Å². The normalized spacial score (nSPS) is 16.2. The molecule has 0 aromatic heterocycles. The van der Waals surface area contributed by atoms with Crippen LogP contribution in [0.2, 0.25) is 0 Å². The maximum atomic E-state index is 12.7. The van der Waals surface area contributed by atoms with Gasteiger partial charge in [0.1, 0.15) is 5.60 Å². The highest BCUT2D eigenvalue weighted by atomic mass is 16.6. The number of hydrogen-bond donors (Lipinski definition) is 0. The Morgan fingerprint density at radius 2 is 1.64 bits per heavy atom. The van der Waals surface area contributed by atoms with Crippen molar-refractivity contribution in [3.63, 3.8) is 0 Å². The third-order valence-corrected chi connectivity index (χ3v) is 4.48. The van der Waals surface area contributed by atoms with Gasteiger partial charge in [0.2, 0.25) is 6.10 Å². The zero-order valence-electron chi connectivity index (χ0n) is 17.3. The summed E-state index contributed by atoms with van der Waals surface area (Å²) in [5.41, 5.74) is 0.0863. The highest BCUT2D eigenvalue weighted by Crippen LogP contribution is 2.25. The number of carbonyl (C=O) groups excluding carboxylic acids is 3. The molecular weight excluding hydrogens is 360 g/mol. The number of ether oxygens (including phenoxy) is 2. The fourth-order valence-electron chi connectivity index (χ4n) is 2.96. The predicted octanol–water partition coefficient (Wildman–Crippen LogP) is 3.01. The van der Waals surface area contributed by atoms with Gasteiger partial charge in [0.05, 0.1) is 5.92 Å². The third kappa shape index (κ3) is 5.97. The Bertz CT molecular complexity index is 688. The minimum absolute atomic E-state index is 0.286. The van der Waals surface area contributed by atoms with E-state index in [0.29, 0.717) is 31.5 Å². The molecule has 7 heteroatoms. The van der Waals surface area contributed by atoms with Crippen LogP contribution in [0.4, 0.5) is 4.79 Å². The van der Waals surface area contributed by atoms with Crippen molar-refractivity contribution in [2.75, 3.05) is 27.2 Å². The van der Waals surface area contributed by atoms with E-state index >= 15 is 0 Å². The van der Waals surface area contributed by atoms with E-state index in [1.807, 2.05) is 26.8 Å². The average Bonchev–Trinajstić information content (AvgIpc) is 2.64. The molecule has 0 N–H and O–H groups in total. The van der Waals surface area contributed by atoms with E-state index in [1.165, 1.54) is 4.90 Å². The minimum Gasteiger partial charge on any atom is -0.447 e. The molecule has 1 fully saturated rings. The maximum Gasteiger partial charge on any atom is 0.410 e. The van der Waals surface area contributed by atoms with E-state index < -0.39 is 17.7 Å². The first-order valence-corrected chi connectivity index (χ1v) is 9.53. The Morgan fingerprint density at radius 3 is 2.14 bits per heavy atom. The first-order valence-electron chi connectivity index (χ1n) is 9.53. The fourth-order valence-corrected chi connectivity index (χ4v) is 2.96. The molecule has 1 unspecified atom stereocenters. The molecule has 0 bridgehead atoms. The van der Waals surface area contributed by atoms with Crippen molar-refractivity contribution >= 4 is 18.0 Å². The topological polar surface area (TPSA) is 76.2 Å². The van der Waals surface area contributed by atoms with Crippen LogP contribution in [-0.2, 0) is 19.1 Å². The van der Waals surface area contributed by atoms with Crippen LogP contribution in [0.3, 0.4) is 0 Å². The van der Waals surface area contributed by atoms with Gasteiger partial charge in [0.25, 0.3) is 5.91 Å². The molecule has 1 aromatic rings. The summed E-state index contributed by atoms with van der Waals surface area (Å²) in [6.45, 7) is 6.31. The zero-order chi connectivity index (χ0) is 20.9. The molecule has 28 heavy (non-hydrogen) atoms. The lowest BCUT2D eigenvalue weighted by molar-refractivity contribution is -0.164. The number of carbonyl (C=O) groups is 3. The molecule has 1 aromatic carbocycles. The van der Waals surface area contributed by atoms with Crippen molar-refractivity contribution < 1.29 is 23.9 Å². The van der Waals surface area contributed by atoms with Crippen LogP contribution in [0.15, 0.2) is 30.3 Å². The van der Waals surface area contributed by atoms with Crippen molar-refractivity contribution in [3.05, 3.63) is 35.9 Å². The fraction of sp³-hybridized carbons (Fsp3) is 0.571. The molecule has 1 atom stereocenters. The first-order chi connectivity index (χ1) is 13.1. The predicted molar refractivity (Wildman–Crippen MR) is 105 cm³/mol. The highest BCUT2D eigenvalue weighted by Gasteiger charge is 2.34. The van der Waals surface area contributed by atoms with E-state index in [1.54, 1.807) is 43.3 Å². The summed E-state index contributed by atoms with van der Waals surface area (Å²) < 4.78 is 11.0. The third-order valence-electron chi connectivity index (χ3n) is 4.48. The highest BCUT2D eigenvalue weighted by molar-refractivity contribution is 5.85. The molecule has 2 amide bonds. The quantitative estimate of drug-likeness (QED) is 0.739. The van der Waals surface area contributed by atoms with Gasteiger partial charge in [-0.3, -0.25) is 9.59 Å². The van der Waals surface area contributed by atoms with Gasteiger partial charge in [-0.05, 0) is 33.6 Å². The average molecular weight is 390 g/mol. The van der Waals surface area contributed by atoms with Crippen molar-refractivity contribution in [1.82, 2.24) is 9.80 Å². The molecule has 0 radical (unpaired) electrons. The zero-order valence-corrected chi connectivity index (χ0v) is 17.3. The number of esters is 1. The van der Waals surface area contributed by atoms with E-state index in [2.05, 4.69) is 0 Å². The van der Waals surface area contributed by atoms with Gasteiger partial charge in [0.15, 0.2) is 0 Å². The lowest BCUT2D eigenvalue weighted by atomic mass is 9.97. The van der Waals surface area contributed by atoms with E-state index in [9.17, 15) is 14.4 Å². The molecule has 7 nitrogen and oxygen atoms in total. The molecule has 1 aliphatic rings. The Morgan fingerprint density at radius 1 is 1.07 bits per heavy atom. The molecule has 0 aliphatic carbocycles. The van der Waals surface area contributed by atoms with Crippen LogP contribution >= 0.6 is 0 Å². The summed E-state index contributed by atoms with van der Waals surface area (Å²) in [6.07, 6.45) is -0.372. The monoisotopic (exact) mass is 390 g/mol. The van der Waals surface area contributed by atoms with Gasteiger partial charge < -0.3 is 19.3 Å². The number of nitrogens with zero attached hydrogens (tertiary/aromatic N) is 2. The van der Waals surface area contributed by atoms with Crippen LogP contribution in [0.5, 0.6) is 0 Å². The second-order valence-corrected chi connectivity index (χ2v) is 8.20. The maximum absolute atomic E-state index is 12.7. The second-order valence-electron chi connectivity index (χ2n) is 8.20. The molecule has 1 saturated heterocycles. The lowest BCUT2D eigenvalue weighted by Crippen LogP contribution is -2.43. The summed E-state index contributed by atoms with van der Waals surface area (Å²) in [5.74, 6) is -1.04. The summed E-state index contributed by atoms with van der Waals surface area (Å²) in [6, 6.07) is 8.99. The molecule has 154 valence electrons.